The van der Waals surface area contributed by atoms with Gasteiger partial charge in [0.2, 0.25) is 5.95 Å². The SMILES string of the molecule is Cc1cccc(-c2nccc(Nc3ccnc(Nc4nc(C5COCCN5)cs4)n3)n2)n1. The summed E-state index contributed by atoms with van der Waals surface area (Å²) in [5, 5.41) is 12.5. The minimum Gasteiger partial charge on any atom is -0.378 e. The van der Waals surface area contributed by atoms with Gasteiger partial charge < -0.3 is 15.4 Å². The maximum Gasteiger partial charge on any atom is 0.230 e. The van der Waals surface area contributed by atoms with E-state index in [4.69, 9.17) is 4.74 Å². The summed E-state index contributed by atoms with van der Waals surface area (Å²) in [4.78, 5) is 26.8. The van der Waals surface area contributed by atoms with Crippen LogP contribution >= 0.6 is 11.3 Å². The van der Waals surface area contributed by atoms with Crippen molar-refractivity contribution in [1.29, 1.82) is 0 Å². The van der Waals surface area contributed by atoms with Gasteiger partial charge in [0.15, 0.2) is 11.0 Å². The van der Waals surface area contributed by atoms with Crippen molar-refractivity contribution in [2.24, 2.45) is 0 Å². The molecule has 0 saturated carbocycles. The van der Waals surface area contributed by atoms with Crippen molar-refractivity contribution in [3.05, 3.63) is 59.5 Å². The predicted molar refractivity (Wildman–Crippen MR) is 122 cm³/mol. The Bertz CT molecular complexity index is 1210. The highest BCUT2D eigenvalue weighted by molar-refractivity contribution is 7.13. The predicted octanol–water partition coefficient (Wildman–Crippen LogP) is 3.24. The molecule has 5 rings (SSSR count). The van der Waals surface area contributed by atoms with Crippen LogP contribution in [0.25, 0.3) is 11.5 Å². The Morgan fingerprint density at radius 2 is 1.88 bits per heavy atom. The molecule has 1 aliphatic rings. The van der Waals surface area contributed by atoms with Crippen molar-refractivity contribution in [3.63, 3.8) is 0 Å². The van der Waals surface area contributed by atoms with E-state index in [1.807, 2.05) is 30.5 Å². The fraction of sp³-hybridized carbons (Fsp3) is 0.238. The minimum absolute atomic E-state index is 0.110. The van der Waals surface area contributed by atoms with Gasteiger partial charge >= 0.3 is 0 Å². The summed E-state index contributed by atoms with van der Waals surface area (Å²) in [6.07, 6.45) is 3.36. The van der Waals surface area contributed by atoms with Crippen LogP contribution in [0.15, 0.2) is 48.1 Å². The molecule has 10 nitrogen and oxygen atoms in total. The van der Waals surface area contributed by atoms with Crippen molar-refractivity contribution in [2.75, 3.05) is 30.4 Å². The first-order valence-electron chi connectivity index (χ1n) is 10.1. The van der Waals surface area contributed by atoms with E-state index >= 15 is 0 Å². The van der Waals surface area contributed by atoms with E-state index < -0.39 is 0 Å². The fourth-order valence-corrected chi connectivity index (χ4v) is 3.95. The Morgan fingerprint density at radius 1 is 1.00 bits per heavy atom. The summed E-state index contributed by atoms with van der Waals surface area (Å²) in [5.41, 5.74) is 2.58. The minimum atomic E-state index is 0.110. The number of ether oxygens (including phenoxy) is 1. The first-order chi connectivity index (χ1) is 15.7. The van der Waals surface area contributed by atoms with E-state index in [1.165, 1.54) is 11.3 Å². The zero-order valence-electron chi connectivity index (χ0n) is 17.3. The number of pyridine rings is 1. The Balaban J connectivity index is 1.29. The summed E-state index contributed by atoms with van der Waals surface area (Å²) in [6, 6.07) is 9.42. The second kappa shape index (κ2) is 9.30. The lowest BCUT2D eigenvalue weighted by Crippen LogP contribution is -2.34. The molecule has 162 valence electrons. The quantitative estimate of drug-likeness (QED) is 0.406. The van der Waals surface area contributed by atoms with Gasteiger partial charge in [-0.2, -0.15) is 4.98 Å². The highest BCUT2D eigenvalue weighted by Gasteiger charge is 2.18. The third-order valence-electron chi connectivity index (χ3n) is 4.70. The van der Waals surface area contributed by atoms with Crippen LogP contribution in [-0.2, 0) is 4.74 Å². The van der Waals surface area contributed by atoms with Crippen LogP contribution in [0, 0.1) is 6.92 Å². The van der Waals surface area contributed by atoms with Gasteiger partial charge in [-0.1, -0.05) is 6.07 Å². The van der Waals surface area contributed by atoms with E-state index in [2.05, 4.69) is 45.9 Å². The largest absolute Gasteiger partial charge is 0.378 e. The summed E-state index contributed by atoms with van der Waals surface area (Å²) < 4.78 is 5.51. The van der Waals surface area contributed by atoms with Gasteiger partial charge in [0.25, 0.3) is 0 Å². The molecule has 32 heavy (non-hydrogen) atoms. The topological polar surface area (TPSA) is 123 Å². The van der Waals surface area contributed by atoms with Crippen molar-refractivity contribution < 1.29 is 4.74 Å². The third-order valence-corrected chi connectivity index (χ3v) is 5.48. The number of aromatic nitrogens is 6. The molecule has 4 aromatic heterocycles. The summed E-state index contributed by atoms with van der Waals surface area (Å²) in [5.74, 6) is 2.20. The Labute approximate surface area is 188 Å². The monoisotopic (exact) mass is 447 g/mol. The molecule has 0 bridgehead atoms. The summed E-state index contributed by atoms with van der Waals surface area (Å²) in [7, 11) is 0. The molecular weight excluding hydrogens is 426 g/mol. The smallest absolute Gasteiger partial charge is 0.230 e. The number of morpholine rings is 1. The van der Waals surface area contributed by atoms with E-state index in [9.17, 15) is 0 Å². The number of nitrogens with one attached hydrogen (secondary N) is 3. The van der Waals surface area contributed by atoms with Gasteiger partial charge in [0, 0.05) is 30.0 Å². The molecule has 0 radical (unpaired) electrons. The number of thiazole rings is 1. The van der Waals surface area contributed by atoms with Crippen LogP contribution in [0.5, 0.6) is 0 Å². The average molecular weight is 448 g/mol. The first kappa shape index (κ1) is 20.4. The molecule has 0 amide bonds. The van der Waals surface area contributed by atoms with E-state index in [0.717, 1.165) is 35.4 Å². The Kier molecular flexibility index (Phi) is 5.92. The average Bonchev–Trinajstić information content (AvgIpc) is 3.29. The van der Waals surface area contributed by atoms with E-state index in [1.54, 1.807) is 24.5 Å². The van der Waals surface area contributed by atoms with Gasteiger partial charge in [-0.3, -0.25) is 5.32 Å². The molecule has 1 atom stereocenters. The van der Waals surface area contributed by atoms with E-state index in [-0.39, 0.29) is 6.04 Å². The van der Waals surface area contributed by atoms with E-state index in [0.29, 0.717) is 30.0 Å². The molecule has 0 aromatic carbocycles. The van der Waals surface area contributed by atoms with Crippen molar-refractivity contribution in [1.82, 2.24) is 35.2 Å². The number of rotatable bonds is 6. The lowest BCUT2D eigenvalue weighted by molar-refractivity contribution is 0.0758. The van der Waals surface area contributed by atoms with Gasteiger partial charge in [-0.25, -0.2) is 24.9 Å². The van der Waals surface area contributed by atoms with Crippen LogP contribution in [0.3, 0.4) is 0 Å². The number of hydrogen-bond acceptors (Lipinski definition) is 11. The molecule has 1 saturated heterocycles. The molecule has 1 aliphatic heterocycles. The zero-order valence-corrected chi connectivity index (χ0v) is 18.1. The van der Waals surface area contributed by atoms with Crippen LogP contribution < -0.4 is 16.0 Å². The van der Waals surface area contributed by atoms with Gasteiger partial charge in [-0.15, -0.1) is 11.3 Å². The third kappa shape index (κ3) is 4.85. The Hall–Kier alpha value is -3.54. The highest BCUT2D eigenvalue weighted by atomic mass is 32.1. The van der Waals surface area contributed by atoms with Gasteiger partial charge in [-0.05, 0) is 31.2 Å². The van der Waals surface area contributed by atoms with Gasteiger partial charge in [0.1, 0.15) is 17.3 Å². The number of aryl methyl sites for hydroxylation is 1. The summed E-state index contributed by atoms with van der Waals surface area (Å²) >= 11 is 1.50. The van der Waals surface area contributed by atoms with Crippen LogP contribution in [-0.4, -0.2) is 49.7 Å². The van der Waals surface area contributed by atoms with Crippen molar-refractivity contribution in [2.45, 2.75) is 13.0 Å². The highest BCUT2D eigenvalue weighted by Crippen LogP contribution is 2.24. The normalized spacial score (nSPS) is 16.0. The number of anilines is 4. The fourth-order valence-electron chi connectivity index (χ4n) is 3.19. The molecule has 4 aromatic rings. The van der Waals surface area contributed by atoms with Crippen molar-refractivity contribution in [3.8, 4) is 11.5 Å². The Morgan fingerprint density at radius 3 is 2.72 bits per heavy atom. The second-order valence-electron chi connectivity index (χ2n) is 7.10. The molecule has 0 aliphatic carbocycles. The molecule has 1 fully saturated rings. The lowest BCUT2D eigenvalue weighted by atomic mass is 10.2. The van der Waals surface area contributed by atoms with Crippen LogP contribution in [0.4, 0.5) is 22.7 Å². The molecule has 0 spiro atoms. The standard InChI is InChI=1S/C21H21N9OS/c1-13-3-2-4-14(25-13)19-23-7-5-17(28-19)27-18-6-8-24-20(29-18)30-21-26-16(12-32-21)15-11-31-10-9-22-15/h2-8,12,15,22H,9-11H2,1H3,(H2,23,24,26,27,28,29,30). The molecule has 1 unspecified atom stereocenters. The molecule has 5 heterocycles. The molecule has 3 N–H and O–H groups in total. The van der Waals surface area contributed by atoms with Gasteiger partial charge in [0.05, 0.1) is 24.9 Å². The maximum atomic E-state index is 5.51. The van der Waals surface area contributed by atoms with Crippen molar-refractivity contribution >= 4 is 34.1 Å². The molecular formula is C21H21N9OS. The van der Waals surface area contributed by atoms with Crippen LogP contribution in [0.2, 0.25) is 0 Å². The second-order valence-corrected chi connectivity index (χ2v) is 7.96. The zero-order chi connectivity index (χ0) is 21.8. The number of nitrogens with zero attached hydrogens (tertiary/aromatic N) is 6. The molecule has 11 heteroatoms. The lowest BCUT2D eigenvalue weighted by Gasteiger charge is -2.21. The van der Waals surface area contributed by atoms with Crippen LogP contribution in [0.1, 0.15) is 17.4 Å². The number of hydrogen-bond donors (Lipinski definition) is 3. The maximum absolute atomic E-state index is 5.51. The summed E-state index contributed by atoms with van der Waals surface area (Å²) in [6.45, 7) is 4.12. The first-order valence-corrected chi connectivity index (χ1v) is 11.0.